The smallest absolute Gasteiger partial charge is 0.122 e. The zero-order chi connectivity index (χ0) is 17.9. The van der Waals surface area contributed by atoms with Crippen LogP contribution in [0.2, 0.25) is 0 Å². The Morgan fingerprint density at radius 2 is 2.00 bits per heavy atom. The molecule has 1 aromatic rings. The fourth-order valence-electron chi connectivity index (χ4n) is 6.53. The molecule has 4 heteroatoms. The van der Waals surface area contributed by atoms with E-state index in [0.29, 0.717) is 17.7 Å². The first-order chi connectivity index (χ1) is 12.6. The highest BCUT2D eigenvalue weighted by atomic mass is 16.5. The van der Waals surface area contributed by atoms with Crippen LogP contribution in [0.15, 0.2) is 12.1 Å². The number of ether oxygens (including phenoxy) is 2. The number of fused-ring (bicyclic) bond motifs is 1. The molecule has 1 spiro atoms. The van der Waals surface area contributed by atoms with E-state index in [-0.39, 0.29) is 11.0 Å². The van der Waals surface area contributed by atoms with Crippen molar-refractivity contribution in [1.29, 1.82) is 0 Å². The van der Waals surface area contributed by atoms with E-state index in [1.807, 2.05) is 0 Å². The van der Waals surface area contributed by atoms with Gasteiger partial charge in [0.1, 0.15) is 11.5 Å². The molecule has 0 radical (unpaired) electrons. The molecule has 2 aliphatic heterocycles. The van der Waals surface area contributed by atoms with Crippen LogP contribution >= 0.6 is 0 Å². The van der Waals surface area contributed by atoms with Crippen molar-refractivity contribution in [2.75, 3.05) is 27.3 Å². The van der Waals surface area contributed by atoms with E-state index in [1.165, 1.54) is 44.1 Å². The van der Waals surface area contributed by atoms with Gasteiger partial charge in [-0.3, -0.25) is 0 Å². The summed E-state index contributed by atoms with van der Waals surface area (Å²) in [5.41, 5.74) is 2.58. The highest BCUT2D eigenvalue weighted by Crippen LogP contribution is 2.58. The number of phenolic OH excluding ortho intramolecular Hbond substituents is 1. The van der Waals surface area contributed by atoms with E-state index in [0.717, 1.165) is 37.3 Å². The highest BCUT2D eigenvalue weighted by Gasteiger charge is 2.59. The van der Waals surface area contributed by atoms with Crippen LogP contribution in [0.4, 0.5) is 0 Å². The maximum Gasteiger partial charge on any atom is 0.122 e. The lowest BCUT2D eigenvalue weighted by Crippen LogP contribution is -2.65. The van der Waals surface area contributed by atoms with Gasteiger partial charge in [0.15, 0.2) is 0 Å². The van der Waals surface area contributed by atoms with Gasteiger partial charge in [-0.25, -0.2) is 0 Å². The third-order valence-corrected chi connectivity index (χ3v) is 8.03. The highest BCUT2D eigenvalue weighted by molar-refractivity contribution is 5.53. The Labute approximate surface area is 156 Å². The number of hydrogen-bond acceptors (Lipinski definition) is 4. The maximum atomic E-state index is 10.7. The predicted molar refractivity (Wildman–Crippen MR) is 101 cm³/mol. The molecule has 1 N–H and O–H groups in total. The molecule has 142 valence electrons. The number of rotatable bonds is 1. The van der Waals surface area contributed by atoms with Gasteiger partial charge in [-0.15, -0.1) is 0 Å². The second kappa shape index (κ2) is 5.87. The number of hydrogen-bond donors (Lipinski definition) is 1. The summed E-state index contributed by atoms with van der Waals surface area (Å²) in [7, 11) is 3.95. The van der Waals surface area contributed by atoms with E-state index in [9.17, 15) is 5.11 Å². The summed E-state index contributed by atoms with van der Waals surface area (Å²) in [6.45, 7) is 1.91. The summed E-state index contributed by atoms with van der Waals surface area (Å²) in [4.78, 5) is 2.54. The van der Waals surface area contributed by atoms with Crippen LogP contribution in [0.25, 0.3) is 0 Å². The summed E-state index contributed by atoms with van der Waals surface area (Å²) >= 11 is 0. The van der Waals surface area contributed by atoms with Crippen LogP contribution in [-0.2, 0) is 16.6 Å². The van der Waals surface area contributed by atoms with Crippen LogP contribution in [0, 0.1) is 5.92 Å². The fraction of sp³-hybridized carbons (Fsp3) is 0.727. The monoisotopic (exact) mass is 357 g/mol. The normalized spacial score (nSPS) is 35.6. The SMILES string of the molecule is COc1cc(O)c2c(c1)[C@]13CCN(C)[C@H](C2)[C@H]1CC1(CCCCC1)OC3. The minimum Gasteiger partial charge on any atom is -0.508 e. The second-order valence-corrected chi connectivity index (χ2v) is 9.17. The third-order valence-electron chi connectivity index (χ3n) is 8.03. The van der Waals surface area contributed by atoms with Crippen molar-refractivity contribution in [3.63, 3.8) is 0 Å². The molecule has 3 atom stereocenters. The van der Waals surface area contributed by atoms with E-state index < -0.39 is 0 Å². The van der Waals surface area contributed by atoms with Gasteiger partial charge in [0, 0.05) is 17.5 Å². The maximum absolute atomic E-state index is 10.7. The van der Waals surface area contributed by atoms with Gasteiger partial charge in [-0.1, -0.05) is 19.3 Å². The van der Waals surface area contributed by atoms with Crippen LogP contribution in [0.5, 0.6) is 11.5 Å². The van der Waals surface area contributed by atoms with Crippen molar-refractivity contribution in [3.8, 4) is 11.5 Å². The Bertz CT molecular complexity index is 712. The molecule has 1 saturated carbocycles. The van der Waals surface area contributed by atoms with Gasteiger partial charge in [0.2, 0.25) is 0 Å². The molecule has 1 aromatic carbocycles. The molecule has 5 rings (SSSR count). The van der Waals surface area contributed by atoms with E-state index in [4.69, 9.17) is 9.47 Å². The molecule has 0 aromatic heterocycles. The summed E-state index contributed by atoms with van der Waals surface area (Å²) in [6.07, 6.45) is 9.68. The first-order valence-corrected chi connectivity index (χ1v) is 10.3. The molecule has 0 unspecified atom stereocenters. The number of likely N-dealkylation sites (N-methyl/N-ethyl adjacent to an activating group) is 1. The van der Waals surface area contributed by atoms with Crippen LogP contribution in [0.3, 0.4) is 0 Å². The van der Waals surface area contributed by atoms with Crippen LogP contribution in [-0.4, -0.2) is 49.0 Å². The zero-order valence-electron chi connectivity index (χ0n) is 16.1. The van der Waals surface area contributed by atoms with E-state index >= 15 is 0 Å². The van der Waals surface area contributed by atoms with Crippen molar-refractivity contribution in [1.82, 2.24) is 4.90 Å². The summed E-state index contributed by atoms with van der Waals surface area (Å²) in [5, 5.41) is 10.7. The minimum atomic E-state index is 0.0411. The molecular formula is C22H31NO3. The van der Waals surface area contributed by atoms with E-state index in [1.54, 1.807) is 13.2 Å². The van der Waals surface area contributed by atoms with Crippen molar-refractivity contribution in [3.05, 3.63) is 23.3 Å². The molecule has 4 aliphatic rings. The average molecular weight is 357 g/mol. The first kappa shape index (κ1) is 16.9. The largest absolute Gasteiger partial charge is 0.508 e. The number of aromatic hydroxyl groups is 1. The number of nitrogens with zero attached hydrogens (tertiary/aromatic N) is 1. The lowest BCUT2D eigenvalue weighted by molar-refractivity contribution is -0.180. The molecule has 2 aliphatic carbocycles. The number of methoxy groups -OCH3 is 1. The summed E-state index contributed by atoms with van der Waals surface area (Å²) in [6, 6.07) is 4.47. The Morgan fingerprint density at radius 1 is 1.19 bits per heavy atom. The van der Waals surface area contributed by atoms with Gasteiger partial charge in [0.25, 0.3) is 0 Å². The molecule has 0 amide bonds. The molecule has 26 heavy (non-hydrogen) atoms. The van der Waals surface area contributed by atoms with Gasteiger partial charge < -0.3 is 19.5 Å². The topological polar surface area (TPSA) is 41.9 Å². The van der Waals surface area contributed by atoms with Gasteiger partial charge >= 0.3 is 0 Å². The fourth-order valence-corrected chi connectivity index (χ4v) is 6.53. The summed E-state index contributed by atoms with van der Waals surface area (Å²) in [5.74, 6) is 1.78. The first-order valence-electron chi connectivity index (χ1n) is 10.3. The molecule has 2 heterocycles. The third kappa shape index (κ3) is 2.27. The Kier molecular flexibility index (Phi) is 3.81. The van der Waals surface area contributed by atoms with Gasteiger partial charge in [0.05, 0.1) is 19.3 Å². The van der Waals surface area contributed by atoms with Crippen molar-refractivity contribution >= 4 is 0 Å². The zero-order valence-corrected chi connectivity index (χ0v) is 16.1. The van der Waals surface area contributed by atoms with Gasteiger partial charge in [-0.05, 0) is 68.8 Å². The average Bonchev–Trinajstić information content (AvgIpc) is 2.66. The number of benzene rings is 1. The van der Waals surface area contributed by atoms with Crippen LogP contribution < -0.4 is 4.74 Å². The lowest BCUT2D eigenvalue weighted by atomic mass is 9.53. The minimum absolute atomic E-state index is 0.0411. The van der Waals surface area contributed by atoms with Crippen molar-refractivity contribution in [2.45, 2.75) is 68.4 Å². The summed E-state index contributed by atoms with van der Waals surface area (Å²) < 4.78 is 12.2. The van der Waals surface area contributed by atoms with Crippen molar-refractivity contribution < 1.29 is 14.6 Å². The second-order valence-electron chi connectivity index (χ2n) is 9.17. The predicted octanol–water partition coefficient (Wildman–Crippen LogP) is 3.64. The molecule has 2 saturated heterocycles. The van der Waals surface area contributed by atoms with Crippen molar-refractivity contribution in [2.24, 2.45) is 5.92 Å². The van der Waals surface area contributed by atoms with Crippen LogP contribution in [0.1, 0.15) is 56.1 Å². The molecular weight excluding hydrogens is 326 g/mol. The quantitative estimate of drug-likeness (QED) is 0.833. The Morgan fingerprint density at radius 3 is 2.77 bits per heavy atom. The molecule has 2 bridgehead atoms. The lowest BCUT2D eigenvalue weighted by Gasteiger charge is -2.62. The number of phenols is 1. The molecule has 3 fully saturated rings. The standard InChI is InChI=1S/C22H31NO3/c1-23-9-8-22-14-26-21(6-4-3-5-7-21)13-18(22)19(23)12-16-17(22)10-15(25-2)11-20(16)24/h10-11,18-19,24H,3-9,12-14H2,1-2H3/t18-,19-,22-/m1/s1. The number of likely N-dealkylation sites (tertiary alicyclic amines) is 1. The molecule has 4 nitrogen and oxygen atoms in total. The number of piperidine rings is 1. The Balaban J connectivity index is 1.61. The Hall–Kier alpha value is -1.26. The van der Waals surface area contributed by atoms with Gasteiger partial charge in [-0.2, -0.15) is 0 Å². The van der Waals surface area contributed by atoms with E-state index in [2.05, 4.69) is 18.0 Å².